The van der Waals surface area contributed by atoms with Crippen molar-refractivity contribution in [2.45, 2.75) is 76.1 Å². The summed E-state index contributed by atoms with van der Waals surface area (Å²) in [6, 6.07) is 21.7. The van der Waals surface area contributed by atoms with E-state index in [0.717, 1.165) is 22.3 Å². The van der Waals surface area contributed by atoms with E-state index < -0.39 is 47.9 Å². The van der Waals surface area contributed by atoms with Gasteiger partial charge in [-0.3, -0.25) is 10.1 Å². The van der Waals surface area contributed by atoms with Crippen LogP contribution < -0.4 is 20.7 Å². The van der Waals surface area contributed by atoms with Crippen LogP contribution in [0.1, 0.15) is 49.1 Å². The maximum Gasteiger partial charge on any atom is 0.407 e. The average Bonchev–Trinajstić information content (AvgIpc) is 3.27. The molecule has 9 nitrogen and oxygen atoms in total. The SMILES string of the molecule is COc1ccc(CN[C@@H](C(=O)NC2c3ccccc3C[C@H]2O)[C@H](O)[C@H](Cc2ccccc2)NC(=O)OC(C)(C)C)cc1. The number of hydrogen-bond donors (Lipinski definition) is 5. The Bertz CT molecular complexity index is 1330. The summed E-state index contributed by atoms with van der Waals surface area (Å²) in [5.74, 6) is 0.201. The highest BCUT2D eigenvalue weighted by Gasteiger charge is 2.38. The van der Waals surface area contributed by atoms with Crippen molar-refractivity contribution in [1.82, 2.24) is 16.0 Å². The topological polar surface area (TPSA) is 129 Å². The van der Waals surface area contributed by atoms with Crippen LogP contribution in [0.5, 0.6) is 5.75 Å². The Morgan fingerprint density at radius 3 is 2.29 bits per heavy atom. The fourth-order valence-electron chi connectivity index (χ4n) is 5.15. The fraction of sp³-hybridized carbons (Fsp3) is 0.394. The molecule has 9 heteroatoms. The first-order valence-electron chi connectivity index (χ1n) is 14.2. The number of aliphatic hydroxyl groups is 2. The van der Waals surface area contributed by atoms with Crippen molar-refractivity contribution in [1.29, 1.82) is 0 Å². The summed E-state index contributed by atoms with van der Waals surface area (Å²) in [5, 5.41) is 31.5. The van der Waals surface area contributed by atoms with Crippen molar-refractivity contribution in [3.8, 4) is 5.75 Å². The number of fused-ring (bicyclic) bond motifs is 1. The molecule has 1 aliphatic rings. The molecule has 42 heavy (non-hydrogen) atoms. The molecule has 1 unspecified atom stereocenters. The minimum absolute atomic E-state index is 0.254. The smallest absolute Gasteiger partial charge is 0.407 e. The van der Waals surface area contributed by atoms with Gasteiger partial charge >= 0.3 is 6.09 Å². The van der Waals surface area contributed by atoms with E-state index in [4.69, 9.17) is 9.47 Å². The van der Waals surface area contributed by atoms with Gasteiger partial charge in [0.15, 0.2) is 0 Å². The molecule has 0 saturated heterocycles. The number of alkyl carbamates (subject to hydrolysis) is 1. The molecule has 0 saturated carbocycles. The molecular formula is C33H41N3O6. The van der Waals surface area contributed by atoms with E-state index in [2.05, 4.69) is 16.0 Å². The largest absolute Gasteiger partial charge is 0.497 e. The number of amides is 2. The molecular weight excluding hydrogens is 534 g/mol. The first-order valence-corrected chi connectivity index (χ1v) is 14.2. The quantitative estimate of drug-likeness (QED) is 0.237. The van der Waals surface area contributed by atoms with Crippen LogP contribution in [0.15, 0.2) is 78.9 Å². The van der Waals surface area contributed by atoms with E-state index in [1.165, 1.54) is 0 Å². The van der Waals surface area contributed by atoms with Gasteiger partial charge in [-0.05, 0) is 61.6 Å². The third-order valence-electron chi connectivity index (χ3n) is 7.22. The van der Waals surface area contributed by atoms with E-state index in [1.807, 2.05) is 78.9 Å². The Balaban J connectivity index is 1.60. The first kappa shape index (κ1) is 31.0. The minimum atomic E-state index is -1.36. The summed E-state index contributed by atoms with van der Waals surface area (Å²) in [4.78, 5) is 26.7. The lowest BCUT2D eigenvalue weighted by Crippen LogP contribution is -2.60. The molecule has 0 bridgehead atoms. The van der Waals surface area contributed by atoms with Gasteiger partial charge in [0.2, 0.25) is 5.91 Å². The lowest BCUT2D eigenvalue weighted by molar-refractivity contribution is -0.128. The number of rotatable bonds is 11. The number of benzene rings is 3. The molecule has 224 valence electrons. The van der Waals surface area contributed by atoms with Gasteiger partial charge in [-0.15, -0.1) is 0 Å². The van der Waals surface area contributed by atoms with Crippen molar-refractivity contribution >= 4 is 12.0 Å². The summed E-state index contributed by atoms with van der Waals surface area (Å²) in [7, 11) is 1.59. The molecule has 0 spiro atoms. The van der Waals surface area contributed by atoms with Crippen LogP contribution in [0.4, 0.5) is 4.79 Å². The molecule has 4 rings (SSSR count). The molecule has 0 aromatic heterocycles. The molecule has 0 radical (unpaired) electrons. The van der Waals surface area contributed by atoms with E-state index >= 15 is 0 Å². The van der Waals surface area contributed by atoms with Crippen molar-refractivity contribution in [3.05, 3.63) is 101 Å². The number of hydrogen-bond acceptors (Lipinski definition) is 7. The number of nitrogens with one attached hydrogen (secondary N) is 3. The Kier molecular flexibility index (Phi) is 10.2. The second kappa shape index (κ2) is 13.8. The molecule has 5 N–H and O–H groups in total. The molecule has 0 aliphatic heterocycles. The summed E-state index contributed by atoms with van der Waals surface area (Å²) in [5.41, 5.74) is 2.79. The van der Waals surface area contributed by atoms with Crippen molar-refractivity contribution in [3.63, 3.8) is 0 Å². The summed E-state index contributed by atoms with van der Waals surface area (Å²) >= 11 is 0. The van der Waals surface area contributed by atoms with Gasteiger partial charge < -0.3 is 30.3 Å². The second-order valence-corrected chi connectivity index (χ2v) is 11.6. The Morgan fingerprint density at radius 2 is 1.62 bits per heavy atom. The summed E-state index contributed by atoms with van der Waals surface area (Å²) in [6.07, 6.45) is -2.18. The van der Waals surface area contributed by atoms with Crippen LogP contribution in [0.25, 0.3) is 0 Å². The maximum absolute atomic E-state index is 13.9. The third-order valence-corrected chi connectivity index (χ3v) is 7.22. The van der Waals surface area contributed by atoms with Gasteiger partial charge in [-0.2, -0.15) is 0 Å². The third kappa shape index (κ3) is 8.31. The second-order valence-electron chi connectivity index (χ2n) is 11.6. The van der Waals surface area contributed by atoms with E-state index in [0.29, 0.717) is 12.2 Å². The molecule has 3 aromatic rings. The monoisotopic (exact) mass is 575 g/mol. The van der Waals surface area contributed by atoms with Crippen LogP contribution in [-0.2, 0) is 28.9 Å². The lowest BCUT2D eigenvalue weighted by Gasteiger charge is -2.32. The molecule has 0 fully saturated rings. The predicted octanol–water partition coefficient (Wildman–Crippen LogP) is 3.42. The number of aliphatic hydroxyl groups excluding tert-OH is 2. The van der Waals surface area contributed by atoms with Crippen molar-refractivity contribution in [2.75, 3.05) is 7.11 Å². The van der Waals surface area contributed by atoms with Gasteiger partial charge in [0.05, 0.1) is 31.4 Å². The van der Waals surface area contributed by atoms with Crippen LogP contribution in [0.3, 0.4) is 0 Å². The lowest BCUT2D eigenvalue weighted by atomic mass is 9.95. The normalized spacial score (nSPS) is 18.3. The van der Waals surface area contributed by atoms with Gasteiger partial charge in [0, 0.05) is 13.0 Å². The van der Waals surface area contributed by atoms with Gasteiger partial charge in [0.1, 0.15) is 17.4 Å². The summed E-state index contributed by atoms with van der Waals surface area (Å²) in [6.45, 7) is 5.53. The molecule has 3 aromatic carbocycles. The van der Waals surface area contributed by atoms with Crippen molar-refractivity contribution in [2.24, 2.45) is 0 Å². The van der Waals surface area contributed by atoms with Crippen LogP contribution in [0, 0.1) is 0 Å². The molecule has 0 heterocycles. The summed E-state index contributed by atoms with van der Waals surface area (Å²) < 4.78 is 10.7. The zero-order valence-corrected chi connectivity index (χ0v) is 24.5. The Labute approximate surface area is 247 Å². The van der Waals surface area contributed by atoms with Crippen LogP contribution in [-0.4, -0.2) is 59.2 Å². The fourth-order valence-corrected chi connectivity index (χ4v) is 5.15. The number of methoxy groups -OCH3 is 1. The molecule has 5 atom stereocenters. The number of carbonyl (C=O) groups excluding carboxylic acids is 2. The highest BCUT2D eigenvalue weighted by molar-refractivity contribution is 5.83. The molecule has 1 aliphatic carbocycles. The number of ether oxygens (including phenoxy) is 2. The minimum Gasteiger partial charge on any atom is -0.497 e. The van der Waals surface area contributed by atoms with Gasteiger partial charge in [0.25, 0.3) is 0 Å². The zero-order valence-electron chi connectivity index (χ0n) is 24.5. The highest BCUT2D eigenvalue weighted by atomic mass is 16.6. The van der Waals surface area contributed by atoms with E-state index in [1.54, 1.807) is 27.9 Å². The van der Waals surface area contributed by atoms with Crippen molar-refractivity contribution < 1.29 is 29.3 Å². The maximum atomic E-state index is 13.9. The molecule has 2 amide bonds. The average molecular weight is 576 g/mol. The highest BCUT2D eigenvalue weighted by Crippen LogP contribution is 2.31. The standard InChI is InChI=1S/C33H41N3O6/c1-33(2,3)42-32(40)35-26(18-21-10-6-5-7-11-21)30(38)29(34-20-22-14-16-24(41-4)17-15-22)31(39)36-28-25-13-9-8-12-23(25)19-27(28)37/h5-17,26-30,34,37-38H,18-20H2,1-4H3,(H,35,40)(H,36,39)/t26-,27+,28?,29+,30+/m0/s1. The Hall–Kier alpha value is -3.92. The van der Waals surface area contributed by atoms with E-state index in [9.17, 15) is 19.8 Å². The predicted molar refractivity (Wildman–Crippen MR) is 160 cm³/mol. The Morgan fingerprint density at radius 1 is 0.952 bits per heavy atom. The van der Waals surface area contributed by atoms with Gasteiger partial charge in [-0.25, -0.2) is 4.79 Å². The van der Waals surface area contributed by atoms with Crippen LogP contribution in [0.2, 0.25) is 0 Å². The first-order chi connectivity index (χ1) is 20.0. The van der Waals surface area contributed by atoms with E-state index in [-0.39, 0.29) is 13.0 Å². The van der Waals surface area contributed by atoms with Crippen LogP contribution >= 0.6 is 0 Å². The van der Waals surface area contributed by atoms with Gasteiger partial charge in [-0.1, -0.05) is 66.7 Å². The zero-order chi connectivity index (χ0) is 30.3. The number of carbonyl (C=O) groups is 2.